The van der Waals surface area contributed by atoms with E-state index < -0.39 is 22.6 Å². The SMILES string of the molecule is COc1cc(N[SH](=O)=O)ccc1C(=O)N1CCN(C(=O)Cc2ccc(C(F)(F)F)cc2)CC1. The molecule has 2 aromatic carbocycles. The van der Waals surface area contributed by atoms with Crippen molar-refractivity contribution in [3.63, 3.8) is 0 Å². The molecule has 0 bridgehead atoms. The van der Waals surface area contributed by atoms with E-state index in [-0.39, 0.29) is 61.4 Å². The van der Waals surface area contributed by atoms with Crippen molar-refractivity contribution in [2.24, 2.45) is 0 Å². The van der Waals surface area contributed by atoms with Crippen molar-refractivity contribution in [2.45, 2.75) is 12.6 Å². The van der Waals surface area contributed by atoms with E-state index in [1.807, 2.05) is 0 Å². The maximum atomic E-state index is 12.9. The number of carbonyl (C=O) groups is 2. The van der Waals surface area contributed by atoms with E-state index in [1.165, 1.54) is 37.4 Å². The summed E-state index contributed by atoms with van der Waals surface area (Å²) in [5, 5.41) is 0. The second-order valence-electron chi connectivity index (χ2n) is 7.33. The minimum atomic E-state index is -4.43. The summed E-state index contributed by atoms with van der Waals surface area (Å²) in [5.41, 5.74) is 0.226. The minimum absolute atomic E-state index is 0.0314. The maximum Gasteiger partial charge on any atom is 0.416 e. The molecule has 0 saturated carbocycles. The molecule has 1 aliphatic heterocycles. The predicted octanol–water partition coefficient (Wildman–Crippen LogP) is 2.18. The third-order valence-electron chi connectivity index (χ3n) is 5.21. The number of hydrogen-bond acceptors (Lipinski definition) is 5. The number of carbonyl (C=O) groups excluding carboxylic acids is 2. The van der Waals surface area contributed by atoms with Gasteiger partial charge in [0.25, 0.3) is 5.91 Å². The average molecular weight is 485 g/mol. The van der Waals surface area contributed by atoms with Gasteiger partial charge in [-0.2, -0.15) is 13.2 Å². The number of methoxy groups -OCH3 is 1. The summed E-state index contributed by atoms with van der Waals surface area (Å²) in [7, 11) is -1.49. The molecule has 3 rings (SSSR count). The summed E-state index contributed by atoms with van der Waals surface area (Å²) < 4.78 is 67.1. The van der Waals surface area contributed by atoms with E-state index >= 15 is 0 Å². The Bertz CT molecular complexity index is 1090. The van der Waals surface area contributed by atoms with Crippen LogP contribution in [0.3, 0.4) is 0 Å². The zero-order valence-electron chi connectivity index (χ0n) is 17.6. The van der Waals surface area contributed by atoms with Crippen LogP contribution in [-0.2, 0) is 28.3 Å². The summed E-state index contributed by atoms with van der Waals surface area (Å²) in [5.74, 6) is -0.344. The number of nitrogens with zero attached hydrogens (tertiary/aromatic N) is 2. The number of alkyl halides is 3. The maximum absolute atomic E-state index is 12.9. The Kier molecular flexibility index (Phi) is 7.46. The first kappa shape index (κ1) is 24.4. The first-order chi connectivity index (χ1) is 15.6. The van der Waals surface area contributed by atoms with Crippen LogP contribution < -0.4 is 9.46 Å². The van der Waals surface area contributed by atoms with Crippen LogP contribution in [-0.4, -0.2) is 63.3 Å². The number of piperazine rings is 1. The molecule has 1 aliphatic rings. The van der Waals surface area contributed by atoms with E-state index in [0.717, 1.165) is 12.1 Å². The van der Waals surface area contributed by atoms with Gasteiger partial charge in [0, 0.05) is 32.2 Å². The molecule has 33 heavy (non-hydrogen) atoms. The van der Waals surface area contributed by atoms with Crippen molar-refractivity contribution < 1.29 is 35.9 Å². The predicted molar refractivity (Wildman–Crippen MR) is 115 cm³/mol. The van der Waals surface area contributed by atoms with E-state index in [1.54, 1.807) is 9.80 Å². The van der Waals surface area contributed by atoms with Gasteiger partial charge in [-0.3, -0.25) is 14.3 Å². The normalized spacial score (nSPS) is 14.3. The van der Waals surface area contributed by atoms with E-state index in [4.69, 9.17) is 4.74 Å². The highest BCUT2D eigenvalue weighted by molar-refractivity contribution is 7.73. The fraction of sp³-hybridized carbons (Fsp3) is 0.333. The quantitative estimate of drug-likeness (QED) is 0.612. The Morgan fingerprint density at radius 3 is 2.15 bits per heavy atom. The van der Waals surface area contributed by atoms with Crippen molar-refractivity contribution in [3.05, 3.63) is 59.2 Å². The molecule has 8 nitrogen and oxygen atoms in total. The van der Waals surface area contributed by atoms with Gasteiger partial charge in [0.1, 0.15) is 5.75 Å². The lowest BCUT2D eigenvalue weighted by atomic mass is 10.1. The number of nitrogens with one attached hydrogen (secondary N) is 1. The second kappa shape index (κ2) is 10.1. The van der Waals surface area contributed by atoms with Crippen LogP contribution in [0.15, 0.2) is 42.5 Å². The third kappa shape index (κ3) is 6.15. The Morgan fingerprint density at radius 2 is 1.61 bits per heavy atom. The van der Waals surface area contributed by atoms with Gasteiger partial charge in [-0.05, 0) is 29.8 Å². The van der Waals surface area contributed by atoms with E-state index in [9.17, 15) is 31.2 Å². The summed E-state index contributed by atoms with van der Waals surface area (Å²) in [6.45, 7) is 1.11. The monoisotopic (exact) mass is 485 g/mol. The molecule has 1 heterocycles. The van der Waals surface area contributed by atoms with Crippen molar-refractivity contribution in [2.75, 3.05) is 38.0 Å². The number of rotatable bonds is 6. The lowest BCUT2D eigenvalue weighted by molar-refractivity contribution is -0.137. The van der Waals surface area contributed by atoms with E-state index in [0.29, 0.717) is 5.56 Å². The summed E-state index contributed by atoms with van der Waals surface area (Å²) >= 11 is 0. The molecule has 178 valence electrons. The number of halogens is 3. The standard InChI is InChI=1S/C21H22F3N3O5S/c1-32-18-13-16(25-33(30)31)6-7-17(18)20(29)27-10-8-26(9-11-27)19(28)12-14-2-4-15(5-3-14)21(22,23)24/h2-7,13,33H,8-12H2,1H3,(H,25,30,31). The Balaban J connectivity index is 1.59. The Labute approximate surface area is 190 Å². The van der Waals surface area contributed by atoms with Gasteiger partial charge in [-0.25, -0.2) is 8.42 Å². The number of amides is 2. The molecular weight excluding hydrogens is 463 g/mol. The van der Waals surface area contributed by atoms with Gasteiger partial charge in [0.05, 0.1) is 30.3 Å². The van der Waals surface area contributed by atoms with Crippen molar-refractivity contribution >= 4 is 28.4 Å². The van der Waals surface area contributed by atoms with Crippen LogP contribution in [0.2, 0.25) is 0 Å². The van der Waals surface area contributed by atoms with Gasteiger partial charge in [0.15, 0.2) is 0 Å². The van der Waals surface area contributed by atoms with Gasteiger partial charge >= 0.3 is 6.18 Å². The summed E-state index contributed by atoms with van der Waals surface area (Å²) in [6.07, 6.45) is -4.46. The fourth-order valence-electron chi connectivity index (χ4n) is 3.47. The zero-order chi connectivity index (χ0) is 24.2. The van der Waals surface area contributed by atoms with Gasteiger partial charge in [-0.1, -0.05) is 12.1 Å². The smallest absolute Gasteiger partial charge is 0.416 e. The molecule has 0 unspecified atom stereocenters. The molecular formula is C21H22F3N3O5S. The highest BCUT2D eigenvalue weighted by atomic mass is 32.2. The number of anilines is 1. The van der Waals surface area contributed by atoms with Crippen molar-refractivity contribution in [1.29, 1.82) is 0 Å². The largest absolute Gasteiger partial charge is 0.496 e. The van der Waals surface area contributed by atoms with Crippen molar-refractivity contribution in [1.82, 2.24) is 9.80 Å². The molecule has 0 aromatic heterocycles. The summed E-state index contributed by atoms with van der Waals surface area (Å²) in [4.78, 5) is 28.6. The first-order valence-electron chi connectivity index (χ1n) is 9.90. The van der Waals surface area contributed by atoms with Crippen LogP contribution in [0, 0.1) is 0 Å². The van der Waals surface area contributed by atoms with Crippen LogP contribution >= 0.6 is 0 Å². The molecule has 1 fully saturated rings. The molecule has 2 aromatic rings. The molecule has 1 saturated heterocycles. The van der Waals surface area contributed by atoms with Crippen LogP contribution in [0.5, 0.6) is 5.75 Å². The van der Waals surface area contributed by atoms with Crippen molar-refractivity contribution in [3.8, 4) is 5.75 Å². The van der Waals surface area contributed by atoms with Crippen LogP contribution in [0.1, 0.15) is 21.5 Å². The second-order valence-corrected chi connectivity index (χ2v) is 8.07. The Morgan fingerprint density at radius 1 is 1.00 bits per heavy atom. The number of ether oxygens (including phenoxy) is 1. The number of thiol groups is 1. The topological polar surface area (TPSA) is 96.0 Å². The molecule has 0 aliphatic carbocycles. The average Bonchev–Trinajstić information content (AvgIpc) is 2.78. The minimum Gasteiger partial charge on any atom is -0.496 e. The number of hydrogen-bond donors (Lipinski definition) is 2. The first-order valence-corrected chi connectivity index (χ1v) is 11.1. The molecule has 1 N–H and O–H groups in total. The third-order valence-corrected chi connectivity index (χ3v) is 5.65. The highest BCUT2D eigenvalue weighted by Crippen LogP contribution is 2.29. The molecule has 0 radical (unpaired) electrons. The Hall–Kier alpha value is -3.28. The van der Waals surface area contributed by atoms with Gasteiger partial charge in [-0.15, -0.1) is 0 Å². The molecule has 12 heteroatoms. The van der Waals surface area contributed by atoms with Crippen LogP contribution in [0.4, 0.5) is 18.9 Å². The lowest BCUT2D eigenvalue weighted by Crippen LogP contribution is -2.51. The molecule has 2 amide bonds. The fourth-order valence-corrected chi connectivity index (χ4v) is 3.82. The summed E-state index contributed by atoms with van der Waals surface area (Å²) in [6, 6.07) is 8.78. The van der Waals surface area contributed by atoms with E-state index in [2.05, 4.69) is 4.72 Å². The van der Waals surface area contributed by atoms with Gasteiger partial charge in [0.2, 0.25) is 16.8 Å². The lowest BCUT2D eigenvalue weighted by Gasteiger charge is -2.35. The number of benzene rings is 2. The highest BCUT2D eigenvalue weighted by Gasteiger charge is 2.30. The van der Waals surface area contributed by atoms with Crippen LogP contribution in [0.25, 0.3) is 0 Å². The molecule has 0 atom stereocenters. The zero-order valence-corrected chi connectivity index (χ0v) is 18.5. The molecule has 0 spiro atoms. The van der Waals surface area contributed by atoms with Gasteiger partial charge < -0.3 is 14.5 Å².